The Bertz CT molecular complexity index is 419. The van der Waals surface area contributed by atoms with Gasteiger partial charge in [-0.2, -0.15) is 0 Å². The fraction of sp³-hybridized carbons (Fsp3) is 0.471. The molecule has 18 heavy (non-hydrogen) atoms. The van der Waals surface area contributed by atoms with E-state index in [2.05, 4.69) is 31.2 Å². The normalized spacial score (nSPS) is 24.3. The van der Waals surface area contributed by atoms with Gasteiger partial charge in [0.05, 0.1) is 0 Å². The molecule has 1 aromatic rings. The van der Waals surface area contributed by atoms with E-state index in [1.807, 2.05) is 6.08 Å². The van der Waals surface area contributed by atoms with Gasteiger partial charge in [0.1, 0.15) is 0 Å². The van der Waals surface area contributed by atoms with Crippen molar-refractivity contribution in [3.05, 3.63) is 41.5 Å². The van der Waals surface area contributed by atoms with Gasteiger partial charge in [-0.1, -0.05) is 50.1 Å². The van der Waals surface area contributed by atoms with Crippen LogP contribution in [0.5, 0.6) is 0 Å². The lowest BCUT2D eigenvalue weighted by Crippen LogP contribution is -2.10. The summed E-state index contributed by atoms with van der Waals surface area (Å²) in [6.45, 7) is 3.93. The molecule has 1 aromatic carbocycles. The third-order valence-corrected chi connectivity index (χ3v) is 3.93. The van der Waals surface area contributed by atoms with Crippen LogP contribution in [-0.4, -0.2) is 5.78 Å². The van der Waals surface area contributed by atoms with Crippen LogP contribution in [0.15, 0.2) is 30.3 Å². The van der Waals surface area contributed by atoms with Gasteiger partial charge in [-0.15, -0.1) is 0 Å². The van der Waals surface area contributed by atoms with Crippen LogP contribution in [0.1, 0.15) is 56.6 Å². The van der Waals surface area contributed by atoms with E-state index in [0.29, 0.717) is 0 Å². The molecule has 0 aromatic heterocycles. The maximum Gasteiger partial charge on any atom is 0.152 e. The number of allylic oxidation sites excluding steroid dienone is 1. The van der Waals surface area contributed by atoms with E-state index in [-0.39, 0.29) is 5.78 Å². The molecule has 1 heteroatoms. The lowest BCUT2D eigenvalue weighted by molar-refractivity contribution is -0.112. The smallest absolute Gasteiger partial charge is 0.152 e. The van der Waals surface area contributed by atoms with Gasteiger partial charge in [0, 0.05) is 0 Å². The molecule has 0 amide bonds. The first kappa shape index (κ1) is 13.1. The second-order valence-corrected chi connectivity index (χ2v) is 5.57. The van der Waals surface area contributed by atoms with E-state index in [0.717, 1.165) is 17.4 Å². The Hall–Kier alpha value is -1.37. The molecule has 0 saturated heterocycles. The van der Waals surface area contributed by atoms with E-state index in [1.165, 1.54) is 31.2 Å². The molecule has 2 rings (SSSR count). The lowest BCUT2D eigenvalue weighted by Gasteiger charge is -2.26. The minimum atomic E-state index is 0.0975. The van der Waals surface area contributed by atoms with E-state index in [9.17, 15) is 4.79 Å². The predicted octanol–water partition coefficient (Wildman–Crippen LogP) is 4.58. The highest BCUT2D eigenvalue weighted by atomic mass is 16.1. The van der Waals surface area contributed by atoms with Crippen molar-refractivity contribution in [3.63, 3.8) is 0 Å². The molecule has 0 unspecified atom stereocenters. The Labute approximate surface area is 110 Å². The van der Waals surface area contributed by atoms with E-state index in [1.54, 1.807) is 13.0 Å². The van der Waals surface area contributed by atoms with Crippen LogP contribution in [0.3, 0.4) is 0 Å². The molecule has 0 atom stereocenters. The molecule has 0 N–H and O–H groups in total. The fourth-order valence-corrected chi connectivity index (χ4v) is 2.69. The minimum absolute atomic E-state index is 0.0975. The van der Waals surface area contributed by atoms with Gasteiger partial charge < -0.3 is 0 Å². The Balaban J connectivity index is 2.01. The van der Waals surface area contributed by atoms with Crippen molar-refractivity contribution in [2.45, 2.75) is 45.4 Å². The van der Waals surface area contributed by atoms with Crippen LogP contribution in [0.2, 0.25) is 0 Å². The van der Waals surface area contributed by atoms with Crippen molar-refractivity contribution in [1.29, 1.82) is 0 Å². The number of carbonyl (C=O) groups is 1. The fourth-order valence-electron chi connectivity index (χ4n) is 2.69. The third-order valence-electron chi connectivity index (χ3n) is 3.93. The van der Waals surface area contributed by atoms with Crippen molar-refractivity contribution in [2.75, 3.05) is 0 Å². The standard InChI is InChI=1S/C17H22O/c1-13-3-9-16(10-4-13)17-11-7-15(8-12-17)6-5-14(2)18/h5-8,11-13,16H,3-4,9-10H2,1-2H3. The average molecular weight is 242 g/mol. The minimum Gasteiger partial charge on any atom is -0.295 e. The number of benzene rings is 1. The van der Waals surface area contributed by atoms with Crippen LogP contribution in [0, 0.1) is 5.92 Å². The Morgan fingerprint density at radius 3 is 2.28 bits per heavy atom. The molecule has 96 valence electrons. The van der Waals surface area contributed by atoms with Crippen LogP contribution < -0.4 is 0 Å². The summed E-state index contributed by atoms with van der Waals surface area (Å²) in [5, 5.41) is 0. The first-order valence-electron chi connectivity index (χ1n) is 6.94. The van der Waals surface area contributed by atoms with Crippen molar-refractivity contribution >= 4 is 11.9 Å². The summed E-state index contributed by atoms with van der Waals surface area (Å²) in [5.74, 6) is 1.74. The second-order valence-electron chi connectivity index (χ2n) is 5.57. The molecule has 1 aliphatic rings. The van der Waals surface area contributed by atoms with Crippen LogP contribution in [0.4, 0.5) is 0 Å². The third kappa shape index (κ3) is 3.56. The summed E-state index contributed by atoms with van der Waals surface area (Å²) in [6.07, 6.45) is 8.87. The van der Waals surface area contributed by atoms with E-state index >= 15 is 0 Å². The number of ketones is 1. The maximum absolute atomic E-state index is 10.9. The number of hydrogen-bond acceptors (Lipinski definition) is 1. The second kappa shape index (κ2) is 5.99. The molecule has 1 nitrogen and oxygen atoms in total. The molecule has 1 aliphatic carbocycles. The highest BCUT2D eigenvalue weighted by molar-refractivity contribution is 5.91. The SMILES string of the molecule is CC(=O)C=Cc1ccc(C2CCC(C)CC2)cc1. The first-order valence-corrected chi connectivity index (χ1v) is 6.94. The molecule has 1 saturated carbocycles. The molecule has 0 bridgehead atoms. The van der Waals surface area contributed by atoms with Crippen molar-refractivity contribution in [3.8, 4) is 0 Å². The van der Waals surface area contributed by atoms with Crippen LogP contribution in [0.25, 0.3) is 6.08 Å². The number of rotatable bonds is 3. The highest BCUT2D eigenvalue weighted by Crippen LogP contribution is 2.35. The summed E-state index contributed by atoms with van der Waals surface area (Å²) < 4.78 is 0. The molecular formula is C17H22O. The van der Waals surface area contributed by atoms with Crippen molar-refractivity contribution in [2.24, 2.45) is 5.92 Å². The van der Waals surface area contributed by atoms with E-state index < -0.39 is 0 Å². The summed E-state index contributed by atoms with van der Waals surface area (Å²) in [5.41, 5.74) is 2.57. The first-order chi connectivity index (χ1) is 8.65. The van der Waals surface area contributed by atoms with Crippen molar-refractivity contribution in [1.82, 2.24) is 0 Å². The molecule has 0 heterocycles. The maximum atomic E-state index is 10.9. The highest BCUT2D eigenvalue weighted by Gasteiger charge is 2.19. The lowest BCUT2D eigenvalue weighted by atomic mass is 9.79. The molecule has 1 fully saturated rings. The van der Waals surface area contributed by atoms with Crippen LogP contribution in [-0.2, 0) is 4.79 Å². The zero-order valence-corrected chi connectivity index (χ0v) is 11.4. The van der Waals surface area contributed by atoms with Gasteiger partial charge >= 0.3 is 0 Å². The zero-order valence-electron chi connectivity index (χ0n) is 11.4. The molecular weight excluding hydrogens is 220 g/mol. The van der Waals surface area contributed by atoms with Gasteiger partial charge in [0.2, 0.25) is 0 Å². The Kier molecular flexibility index (Phi) is 4.35. The molecule has 0 spiro atoms. The number of carbonyl (C=O) groups excluding carboxylic acids is 1. The van der Waals surface area contributed by atoms with Gasteiger partial charge in [0.15, 0.2) is 5.78 Å². The molecule has 0 aliphatic heterocycles. The zero-order chi connectivity index (χ0) is 13.0. The summed E-state index contributed by atoms with van der Waals surface area (Å²) in [7, 11) is 0. The monoisotopic (exact) mass is 242 g/mol. The van der Waals surface area contributed by atoms with Crippen LogP contribution >= 0.6 is 0 Å². The van der Waals surface area contributed by atoms with Gasteiger partial charge in [-0.05, 0) is 48.8 Å². The summed E-state index contributed by atoms with van der Waals surface area (Å²) >= 11 is 0. The van der Waals surface area contributed by atoms with E-state index in [4.69, 9.17) is 0 Å². The quantitative estimate of drug-likeness (QED) is 0.709. The predicted molar refractivity (Wildman–Crippen MR) is 76.5 cm³/mol. The largest absolute Gasteiger partial charge is 0.295 e. The topological polar surface area (TPSA) is 17.1 Å². The Morgan fingerprint density at radius 1 is 1.11 bits per heavy atom. The van der Waals surface area contributed by atoms with Gasteiger partial charge in [-0.3, -0.25) is 4.79 Å². The van der Waals surface area contributed by atoms with Gasteiger partial charge in [-0.25, -0.2) is 0 Å². The number of hydrogen-bond donors (Lipinski definition) is 0. The summed E-state index contributed by atoms with van der Waals surface area (Å²) in [6, 6.07) is 8.68. The Morgan fingerprint density at radius 2 is 1.72 bits per heavy atom. The van der Waals surface area contributed by atoms with Crippen molar-refractivity contribution < 1.29 is 4.79 Å². The average Bonchev–Trinajstić information content (AvgIpc) is 2.38. The molecule has 0 radical (unpaired) electrons. The summed E-state index contributed by atoms with van der Waals surface area (Å²) in [4.78, 5) is 10.9. The van der Waals surface area contributed by atoms with Gasteiger partial charge in [0.25, 0.3) is 0 Å².